The number of urea groups is 1. The molecule has 4 fully saturated rings. The summed E-state index contributed by atoms with van der Waals surface area (Å²) < 4.78 is 17.3. The molecule has 1 unspecified atom stereocenters. The van der Waals surface area contributed by atoms with E-state index in [1.54, 1.807) is 0 Å². The van der Waals surface area contributed by atoms with Crippen LogP contribution in [0.1, 0.15) is 66.2 Å². The van der Waals surface area contributed by atoms with Crippen LogP contribution in [0.25, 0.3) is 0 Å². The Labute approximate surface area is 186 Å². The zero-order valence-electron chi connectivity index (χ0n) is 19.5. The smallest absolute Gasteiger partial charge is 0.319 e. The average molecular weight is 431 g/mol. The summed E-state index contributed by atoms with van der Waals surface area (Å²) in [6.07, 6.45) is 8.03. The first-order valence-corrected chi connectivity index (χ1v) is 12.1. The molecule has 31 heavy (non-hydrogen) atoms. The van der Waals surface area contributed by atoms with Crippen molar-refractivity contribution in [2.24, 2.45) is 23.2 Å². The van der Waals surface area contributed by atoms with E-state index in [2.05, 4.69) is 17.6 Å². The molecule has 5 rings (SSSR count). The van der Waals surface area contributed by atoms with E-state index in [0.29, 0.717) is 42.8 Å². The van der Waals surface area contributed by atoms with Crippen LogP contribution < -0.4 is 24.8 Å². The second-order valence-corrected chi connectivity index (χ2v) is 9.70. The van der Waals surface area contributed by atoms with Gasteiger partial charge in [0, 0.05) is 18.2 Å². The highest BCUT2D eigenvalue weighted by Crippen LogP contribution is 2.61. The highest BCUT2D eigenvalue weighted by molar-refractivity contribution is 5.90. The number of carbonyl (C=O) groups is 1. The van der Waals surface area contributed by atoms with Gasteiger partial charge in [-0.3, -0.25) is 0 Å². The van der Waals surface area contributed by atoms with Crippen molar-refractivity contribution in [3.05, 3.63) is 12.1 Å². The van der Waals surface area contributed by atoms with Crippen LogP contribution in [0.3, 0.4) is 0 Å². The predicted octanol–water partition coefficient (Wildman–Crippen LogP) is 5.61. The van der Waals surface area contributed by atoms with Gasteiger partial charge in [0.05, 0.1) is 25.5 Å². The number of carbonyl (C=O) groups excluding carboxylic acids is 1. The van der Waals surface area contributed by atoms with E-state index in [0.717, 1.165) is 17.8 Å². The fraction of sp³-hybridized carbons (Fsp3) is 0.720. The Bertz CT molecular complexity index is 731. The number of hydrogen-bond donors (Lipinski definition) is 2. The summed E-state index contributed by atoms with van der Waals surface area (Å²) >= 11 is 0. The monoisotopic (exact) mass is 430 g/mol. The summed E-state index contributed by atoms with van der Waals surface area (Å²) in [5.74, 6) is 4.35. The van der Waals surface area contributed by atoms with Gasteiger partial charge in [-0.15, -0.1) is 0 Å². The van der Waals surface area contributed by atoms with Crippen molar-refractivity contribution in [3.63, 3.8) is 0 Å². The highest BCUT2D eigenvalue weighted by Gasteiger charge is 2.53. The molecule has 0 saturated heterocycles. The van der Waals surface area contributed by atoms with Gasteiger partial charge in [0.25, 0.3) is 0 Å². The minimum atomic E-state index is -0.169. The Morgan fingerprint density at radius 1 is 0.935 bits per heavy atom. The predicted molar refractivity (Wildman–Crippen MR) is 122 cm³/mol. The second-order valence-electron chi connectivity index (χ2n) is 9.70. The third kappa shape index (κ3) is 4.58. The molecule has 0 heterocycles. The van der Waals surface area contributed by atoms with Crippen molar-refractivity contribution >= 4 is 11.7 Å². The molecule has 1 aromatic rings. The maximum atomic E-state index is 12.9. The molecular formula is C25H38N2O4. The molecule has 1 atom stereocenters. The third-order valence-electron chi connectivity index (χ3n) is 7.52. The van der Waals surface area contributed by atoms with E-state index in [1.807, 2.05) is 32.9 Å². The third-order valence-corrected chi connectivity index (χ3v) is 7.52. The molecule has 0 aliphatic heterocycles. The summed E-state index contributed by atoms with van der Waals surface area (Å²) in [5, 5.41) is 6.27. The molecule has 4 saturated carbocycles. The van der Waals surface area contributed by atoms with Crippen molar-refractivity contribution in [1.29, 1.82) is 0 Å². The van der Waals surface area contributed by atoms with Crippen LogP contribution in [-0.4, -0.2) is 31.9 Å². The first-order valence-electron chi connectivity index (χ1n) is 12.1. The largest absolute Gasteiger partial charge is 0.490 e. The molecule has 1 aromatic carbocycles. The van der Waals surface area contributed by atoms with E-state index >= 15 is 0 Å². The zero-order chi connectivity index (χ0) is 22.0. The Kier molecular flexibility index (Phi) is 6.54. The fourth-order valence-corrected chi connectivity index (χ4v) is 6.69. The van der Waals surface area contributed by atoms with Crippen molar-refractivity contribution in [2.45, 2.75) is 72.3 Å². The highest BCUT2D eigenvalue weighted by atomic mass is 16.5. The van der Waals surface area contributed by atoms with Crippen molar-refractivity contribution in [3.8, 4) is 17.2 Å². The summed E-state index contributed by atoms with van der Waals surface area (Å²) in [7, 11) is 0. The van der Waals surface area contributed by atoms with E-state index < -0.39 is 0 Å². The Hall–Kier alpha value is -2.11. The van der Waals surface area contributed by atoms with Gasteiger partial charge >= 0.3 is 6.03 Å². The molecule has 0 aromatic heterocycles. The van der Waals surface area contributed by atoms with Crippen molar-refractivity contribution < 1.29 is 19.0 Å². The van der Waals surface area contributed by atoms with Gasteiger partial charge in [-0.1, -0.05) is 0 Å². The van der Waals surface area contributed by atoms with Gasteiger partial charge in [-0.25, -0.2) is 4.79 Å². The van der Waals surface area contributed by atoms with Gasteiger partial charge in [0.2, 0.25) is 5.75 Å². The molecular weight excluding hydrogens is 392 g/mol. The fourth-order valence-electron chi connectivity index (χ4n) is 6.69. The minimum absolute atomic E-state index is 0.168. The van der Waals surface area contributed by atoms with E-state index in [9.17, 15) is 4.79 Å². The maximum absolute atomic E-state index is 12.9. The minimum Gasteiger partial charge on any atom is -0.490 e. The SMILES string of the molecule is CCOc1cc(NC(=O)NC(C)C23CC4CC(CC(C4)C2)C3)cc(OCC)c1OCC. The molecule has 4 aliphatic rings. The molecule has 4 bridgehead atoms. The summed E-state index contributed by atoms with van der Waals surface area (Å²) in [6.45, 7) is 9.50. The maximum Gasteiger partial charge on any atom is 0.319 e. The second kappa shape index (κ2) is 9.17. The topological polar surface area (TPSA) is 68.8 Å². The van der Waals surface area contributed by atoms with Crippen LogP contribution in [-0.2, 0) is 0 Å². The Balaban J connectivity index is 1.46. The molecule has 172 valence electrons. The molecule has 6 nitrogen and oxygen atoms in total. The van der Waals surface area contributed by atoms with Gasteiger partial charge < -0.3 is 24.8 Å². The van der Waals surface area contributed by atoms with Crippen LogP contribution >= 0.6 is 0 Å². The Morgan fingerprint density at radius 2 is 1.42 bits per heavy atom. The number of benzene rings is 1. The number of rotatable bonds is 9. The van der Waals surface area contributed by atoms with Crippen LogP contribution in [0.15, 0.2) is 12.1 Å². The van der Waals surface area contributed by atoms with Gasteiger partial charge in [0.15, 0.2) is 11.5 Å². The molecule has 6 heteroatoms. The molecule has 0 spiro atoms. The molecule has 4 aliphatic carbocycles. The number of ether oxygens (including phenoxy) is 3. The molecule has 2 amide bonds. The Morgan fingerprint density at radius 3 is 1.87 bits per heavy atom. The lowest BCUT2D eigenvalue weighted by Gasteiger charge is -2.59. The van der Waals surface area contributed by atoms with Crippen LogP contribution in [0.4, 0.5) is 10.5 Å². The lowest BCUT2D eigenvalue weighted by atomic mass is 9.48. The number of nitrogens with one attached hydrogen (secondary N) is 2. The van der Waals surface area contributed by atoms with Crippen molar-refractivity contribution in [2.75, 3.05) is 25.1 Å². The van der Waals surface area contributed by atoms with Gasteiger partial charge in [-0.2, -0.15) is 0 Å². The van der Waals surface area contributed by atoms with Crippen LogP contribution in [0.2, 0.25) is 0 Å². The standard InChI is InChI=1S/C25H38N2O4/c1-5-29-21-11-20(12-22(30-6-2)23(21)31-7-3)27-24(28)26-16(4)25-13-17-8-18(14-25)10-19(9-17)15-25/h11-12,16-19H,5-10,13-15H2,1-4H3,(H2,26,27,28). The van der Waals surface area contributed by atoms with Crippen LogP contribution in [0.5, 0.6) is 17.2 Å². The van der Waals surface area contributed by atoms with E-state index in [4.69, 9.17) is 14.2 Å². The first kappa shape index (κ1) is 22.1. The molecule has 2 N–H and O–H groups in total. The van der Waals surface area contributed by atoms with Crippen molar-refractivity contribution in [1.82, 2.24) is 5.32 Å². The van der Waals surface area contributed by atoms with Gasteiger partial charge in [-0.05, 0) is 89.4 Å². The van der Waals surface area contributed by atoms with E-state index in [-0.39, 0.29) is 17.5 Å². The molecule has 0 radical (unpaired) electrons. The summed E-state index contributed by atoms with van der Waals surface area (Å²) in [6, 6.07) is 3.62. The normalized spacial score (nSPS) is 29.4. The van der Waals surface area contributed by atoms with Crippen LogP contribution in [0, 0.1) is 23.2 Å². The zero-order valence-corrected chi connectivity index (χ0v) is 19.5. The quantitative estimate of drug-likeness (QED) is 0.534. The first-order chi connectivity index (χ1) is 15.0. The average Bonchev–Trinajstić information content (AvgIpc) is 2.70. The summed E-state index contributed by atoms with van der Waals surface area (Å²) in [5.41, 5.74) is 0.920. The summed E-state index contributed by atoms with van der Waals surface area (Å²) in [4.78, 5) is 12.9. The number of hydrogen-bond acceptors (Lipinski definition) is 4. The van der Waals surface area contributed by atoms with Gasteiger partial charge in [0.1, 0.15) is 0 Å². The lowest BCUT2D eigenvalue weighted by Crippen LogP contribution is -2.56. The number of amides is 2. The lowest BCUT2D eigenvalue weighted by molar-refractivity contribution is -0.0679. The van der Waals surface area contributed by atoms with E-state index in [1.165, 1.54) is 38.5 Å². The number of anilines is 1.